The second-order valence-electron chi connectivity index (χ2n) is 4.88. The predicted molar refractivity (Wildman–Crippen MR) is 90.5 cm³/mol. The minimum absolute atomic E-state index is 0.0429. The first-order chi connectivity index (χ1) is 11.5. The molecule has 0 fully saturated rings. The van der Waals surface area contributed by atoms with Gasteiger partial charge in [0.05, 0.1) is 16.6 Å². The molecular weight excluding hydrogens is 330 g/mol. The third-order valence-electron chi connectivity index (χ3n) is 3.43. The van der Waals surface area contributed by atoms with Crippen molar-refractivity contribution < 1.29 is 13.9 Å². The number of nitriles is 1. The number of nitrogen functional groups attached to an aromatic ring is 2. The van der Waals surface area contributed by atoms with E-state index in [1.54, 1.807) is 6.07 Å². The molecule has 0 radical (unpaired) electrons. The van der Waals surface area contributed by atoms with Crippen LogP contribution >= 0.6 is 11.3 Å². The second kappa shape index (κ2) is 5.75. The fourth-order valence-electron chi connectivity index (χ4n) is 2.38. The van der Waals surface area contributed by atoms with Gasteiger partial charge in [-0.05, 0) is 12.1 Å². The molecule has 0 aromatic carbocycles. The van der Waals surface area contributed by atoms with Crippen molar-refractivity contribution in [3.63, 3.8) is 0 Å². The third kappa shape index (κ3) is 2.39. The Hall–Kier alpha value is -3.25. The van der Waals surface area contributed by atoms with Gasteiger partial charge in [0.15, 0.2) is 0 Å². The summed E-state index contributed by atoms with van der Waals surface area (Å²) in [6.07, 6.45) is -0.296. The summed E-state index contributed by atoms with van der Waals surface area (Å²) in [6, 6.07) is 5.57. The molecule has 0 atom stereocenters. The number of carbonyl (C=O) groups excluding carboxylic acids is 1. The van der Waals surface area contributed by atoms with Crippen molar-refractivity contribution in [1.82, 2.24) is 4.98 Å². The van der Waals surface area contributed by atoms with Crippen LogP contribution in [0.25, 0.3) is 21.5 Å². The molecule has 0 saturated carbocycles. The zero-order chi connectivity index (χ0) is 17.4. The van der Waals surface area contributed by atoms with Crippen LogP contribution < -0.4 is 21.9 Å². The molecule has 0 aliphatic rings. The molecule has 3 heterocycles. The van der Waals surface area contributed by atoms with E-state index in [1.165, 1.54) is 0 Å². The van der Waals surface area contributed by atoms with Crippen LogP contribution in [0, 0.1) is 11.3 Å². The van der Waals surface area contributed by atoms with Crippen molar-refractivity contribution in [2.45, 2.75) is 13.3 Å². The number of hydrogen-bond donors (Lipinski definition) is 3. The lowest BCUT2D eigenvalue weighted by Crippen LogP contribution is -2.16. The van der Waals surface area contributed by atoms with Gasteiger partial charge >= 0.3 is 6.09 Å². The SMILES string of the molecule is CCc1ccc(-c2c(C#N)c(N)nc3sc(OC(N)=O)c(N)c23)o1. The topological polar surface area (TPSA) is 154 Å². The molecule has 122 valence electrons. The normalized spacial score (nSPS) is 10.7. The maximum atomic E-state index is 11.0. The number of anilines is 2. The minimum atomic E-state index is -0.991. The zero-order valence-electron chi connectivity index (χ0n) is 12.6. The Labute approximate surface area is 140 Å². The average Bonchev–Trinajstić information content (AvgIpc) is 3.11. The lowest BCUT2D eigenvalue weighted by molar-refractivity contribution is 0.212. The molecule has 0 bridgehead atoms. The molecular formula is C15H13N5O3S. The van der Waals surface area contributed by atoms with Crippen LogP contribution in [0.4, 0.5) is 16.3 Å². The molecule has 3 rings (SSSR count). The van der Waals surface area contributed by atoms with Crippen LogP contribution in [-0.2, 0) is 6.42 Å². The van der Waals surface area contributed by atoms with Crippen LogP contribution in [0.3, 0.4) is 0 Å². The monoisotopic (exact) mass is 343 g/mol. The van der Waals surface area contributed by atoms with Crippen molar-refractivity contribution in [2.24, 2.45) is 5.73 Å². The molecule has 9 heteroatoms. The molecule has 0 spiro atoms. The van der Waals surface area contributed by atoms with E-state index in [0.29, 0.717) is 28.0 Å². The van der Waals surface area contributed by atoms with Gasteiger partial charge in [0.2, 0.25) is 5.06 Å². The lowest BCUT2D eigenvalue weighted by atomic mass is 10.0. The summed E-state index contributed by atoms with van der Waals surface area (Å²) in [4.78, 5) is 15.6. The van der Waals surface area contributed by atoms with E-state index in [4.69, 9.17) is 26.4 Å². The summed E-state index contributed by atoms with van der Waals surface area (Å²) in [6.45, 7) is 1.95. The Morgan fingerprint density at radius 3 is 2.79 bits per heavy atom. The molecule has 8 nitrogen and oxygen atoms in total. The predicted octanol–water partition coefficient (Wildman–Crippen LogP) is 2.61. The van der Waals surface area contributed by atoms with Gasteiger partial charge in [0.25, 0.3) is 0 Å². The highest BCUT2D eigenvalue weighted by Gasteiger charge is 2.24. The number of fused-ring (bicyclic) bond motifs is 1. The number of hydrogen-bond acceptors (Lipinski definition) is 8. The van der Waals surface area contributed by atoms with E-state index in [9.17, 15) is 10.1 Å². The standard InChI is InChI=1S/C15H13N5O3S/c1-2-6-3-4-8(22-6)9-7(5-16)12(18)20-13-10(9)11(17)14(24-13)23-15(19)21/h3-4H,2,17H2,1H3,(H2,18,20)(H2,19,21). The summed E-state index contributed by atoms with van der Waals surface area (Å²) in [5.74, 6) is 1.23. The Morgan fingerprint density at radius 1 is 1.46 bits per heavy atom. The smallest absolute Gasteiger partial charge is 0.410 e. The minimum Gasteiger partial charge on any atom is -0.461 e. The quantitative estimate of drug-likeness (QED) is 0.660. The fraction of sp³-hybridized carbons (Fsp3) is 0.133. The molecule has 1 amide bonds. The molecule has 3 aromatic heterocycles. The van der Waals surface area contributed by atoms with E-state index < -0.39 is 6.09 Å². The van der Waals surface area contributed by atoms with Crippen molar-refractivity contribution in [3.05, 3.63) is 23.5 Å². The van der Waals surface area contributed by atoms with Gasteiger partial charge in [0.1, 0.15) is 33.8 Å². The Kier molecular flexibility index (Phi) is 3.75. The van der Waals surface area contributed by atoms with Crippen LogP contribution in [0.1, 0.15) is 18.2 Å². The van der Waals surface area contributed by atoms with Crippen LogP contribution in [0.5, 0.6) is 5.06 Å². The first-order valence-corrected chi connectivity index (χ1v) is 7.75. The van der Waals surface area contributed by atoms with E-state index in [0.717, 1.165) is 17.1 Å². The number of furan rings is 1. The van der Waals surface area contributed by atoms with Crippen LogP contribution in [-0.4, -0.2) is 11.1 Å². The van der Waals surface area contributed by atoms with Gasteiger partial charge < -0.3 is 26.4 Å². The van der Waals surface area contributed by atoms with E-state index in [2.05, 4.69) is 4.98 Å². The molecule has 0 aliphatic heterocycles. The van der Waals surface area contributed by atoms with Crippen molar-refractivity contribution in [2.75, 3.05) is 11.5 Å². The number of rotatable bonds is 3. The van der Waals surface area contributed by atoms with E-state index >= 15 is 0 Å². The largest absolute Gasteiger partial charge is 0.461 e. The number of thiophene rings is 1. The molecule has 0 saturated heterocycles. The summed E-state index contributed by atoms with van der Waals surface area (Å²) >= 11 is 1.02. The number of primary amides is 1. The van der Waals surface area contributed by atoms with Gasteiger partial charge in [-0.25, -0.2) is 9.78 Å². The van der Waals surface area contributed by atoms with Crippen molar-refractivity contribution in [3.8, 4) is 22.5 Å². The van der Waals surface area contributed by atoms with Gasteiger partial charge in [-0.15, -0.1) is 0 Å². The summed E-state index contributed by atoms with van der Waals surface area (Å²) in [5.41, 5.74) is 17.7. The van der Waals surface area contributed by atoms with Gasteiger partial charge in [-0.3, -0.25) is 0 Å². The second-order valence-corrected chi connectivity index (χ2v) is 5.84. The number of ether oxygens (including phenoxy) is 1. The number of amides is 1. The number of aromatic nitrogens is 1. The number of nitrogens with zero attached hydrogens (tertiary/aromatic N) is 2. The highest BCUT2D eigenvalue weighted by Crippen LogP contribution is 2.46. The Bertz CT molecular complexity index is 999. The summed E-state index contributed by atoms with van der Waals surface area (Å²) in [7, 11) is 0. The van der Waals surface area contributed by atoms with Crippen molar-refractivity contribution in [1.29, 1.82) is 5.26 Å². The first kappa shape index (κ1) is 15.6. The van der Waals surface area contributed by atoms with E-state index in [1.807, 2.05) is 19.1 Å². The lowest BCUT2D eigenvalue weighted by Gasteiger charge is -2.06. The molecule has 24 heavy (non-hydrogen) atoms. The number of nitrogens with two attached hydrogens (primary N) is 3. The number of carbonyl (C=O) groups is 1. The van der Waals surface area contributed by atoms with Gasteiger partial charge in [-0.2, -0.15) is 5.26 Å². The molecule has 6 N–H and O–H groups in total. The first-order valence-electron chi connectivity index (χ1n) is 6.94. The van der Waals surface area contributed by atoms with E-state index in [-0.39, 0.29) is 22.1 Å². The Morgan fingerprint density at radius 2 is 2.21 bits per heavy atom. The summed E-state index contributed by atoms with van der Waals surface area (Å²) in [5, 5.41) is 10.0. The summed E-state index contributed by atoms with van der Waals surface area (Å²) < 4.78 is 10.7. The van der Waals surface area contributed by atoms with Gasteiger partial charge in [0, 0.05) is 6.42 Å². The molecule has 0 unspecified atom stereocenters. The maximum Gasteiger partial charge on any atom is 0.410 e. The highest BCUT2D eigenvalue weighted by molar-refractivity contribution is 7.21. The van der Waals surface area contributed by atoms with Gasteiger partial charge in [-0.1, -0.05) is 18.3 Å². The highest BCUT2D eigenvalue weighted by atomic mass is 32.1. The zero-order valence-corrected chi connectivity index (χ0v) is 13.4. The molecule has 0 aliphatic carbocycles. The van der Waals surface area contributed by atoms with Crippen LogP contribution in [0.2, 0.25) is 0 Å². The van der Waals surface area contributed by atoms with Crippen LogP contribution in [0.15, 0.2) is 16.5 Å². The Balaban J connectivity index is 2.37. The third-order valence-corrected chi connectivity index (χ3v) is 4.41. The fourth-order valence-corrected chi connectivity index (χ4v) is 3.35. The number of aryl methyl sites for hydroxylation is 1. The molecule has 3 aromatic rings. The van der Waals surface area contributed by atoms with Crippen molar-refractivity contribution >= 4 is 39.2 Å². The maximum absolute atomic E-state index is 11.0. The average molecular weight is 343 g/mol. The number of pyridine rings is 1.